The molecular formula is C18H13FN2O2. The zero-order valence-corrected chi connectivity index (χ0v) is 12.3. The molecular weight excluding hydrogens is 295 g/mol. The lowest BCUT2D eigenvalue weighted by Crippen LogP contribution is -1.99. The van der Waals surface area contributed by atoms with E-state index in [1.54, 1.807) is 30.5 Å². The number of carboxylic acids is 1. The maximum atomic E-state index is 13.1. The summed E-state index contributed by atoms with van der Waals surface area (Å²) in [5, 5.41) is 9.08. The molecule has 1 N–H and O–H groups in total. The summed E-state index contributed by atoms with van der Waals surface area (Å²) in [6.45, 7) is 1.87. The van der Waals surface area contributed by atoms with Gasteiger partial charge in [-0.25, -0.2) is 19.2 Å². The van der Waals surface area contributed by atoms with Crippen molar-refractivity contribution in [1.29, 1.82) is 0 Å². The maximum absolute atomic E-state index is 13.1. The Kier molecular flexibility index (Phi) is 3.85. The number of aromatic carboxylic acids is 1. The van der Waals surface area contributed by atoms with Crippen molar-refractivity contribution in [1.82, 2.24) is 9.97 Å². The van der Waals surface area contributed by atoms with Crippen molar-refractivity contribution in [2.45, 2.75) is 6.92 Å². The Hall–Kier alpha value is -3.08. The third kappa shape index (κ3) is 3.08. The van der Waals surface area contributed by atoms with Gasteiger partial charge in [0, 0.05) is 17.3 Å². The van der Waals surface area contributed by atoms with Gasteiger partial charge in [-0.3, -0.25) is 0 Å². The number of carboxylic acid groups (broad SMARTS) is 1. The number of benzene rings is 2. The third-order valence-electron chi connectivity index (χ3n) is 3.46. The summed E-state index contributed by atoms with van der Waals surface area (Å²) in [6.07, 6.45) is 1.68. The van der Waals surface area contributed by atoms with E-state index in [0.29, 0.717) is 17.1 Å². The molecule has 1 heterocycles. The van der Waals surface area contributed by atoms with Crippen LogP contribution < -0.4 is 0 Å². The molecule has 0 fully saturated rings. The highest BCUT2D eigenvalue weighted by Crippen LogP contribution is 2.24. The van der Waals surface area contributed by atoms with Gasteiger partial charge in [-0.15, -0.1) is 0 Å². The Morgan fingerprint density at radius 1 is 1.09 bits per heavy atom. The zero-order valence-electron chi connectivity index (χ0n) is 12.3. The molecule has 5 heteroatoms. The number of aryl methyl sites for hydroxylation is 1. The number of hydrogen-bond acceptors (Lipinski definition) is 3. The fraction of sp³-hybridized carbons (Fsp3) is 0.0556. The highest BCUT2D eigenvalue weighted by atomic mass is 19.1. The lowest BCUT2D eigenvalue weighted by Gasteiger charge is -2.08. The Balaban J connectivity index is 2.08. The minimum Gasteiger partial charge on any atom is -0.478 e. The molecule has 3 aromatic rings. The molecule has 0 amide bonds. The fourth-order valence-electron chi connectivity index (χ4n) is 2.27. The molecule has 114 valence electrons. The Morgan fingerprint density at radius 2 is 1.83 bits per heavy atom. The van der Waals surface area contributed by atoms with Crippen molar-refractivity contribution in [3.05, 3.63) is 71.7 Å². The molecule has 23 heavy (non-hydrogen) atoms. The first-order valence-electron chi connectivity index (χ1n) is 6.98. The Morgan fingerprint density at radius 3 is 2.52 bits per heavy atom. The smallest absolute Gasteiger partial charge is 0.335 e. The van der Waals surface area contributed by atoms with Crippen LogP contribution in [0.2, 0.25) is 0 Å². The lowest BCUT2D eigenvalue weighted by atomic mass is 10.1. The standard InChI is InChI=1S/C18H13FN2O2/c1-11-10-20-17(13-3-2-4-14(9-13)18(22)23)21-16(11)12-5-7-15(19)8-6-12/h2-10H,1H3,(H,22,23). The van der Waals surface area contributed by atoms with Gasteiger partial charge < -0.3 is 5.11 Å². The summed E-state index contributed by atoms with van der Waals surface area (Å²) in [7, 11) is 0. The van der Waals surface area contributed by atoms with Crippen LogP contribution in [0.4, 0.5) is 4.39 Å². The number of nitrogens with zero attached hydrogens (tertiary/aromatic N) is 2. The molecule has 1 aromatic heterocycles. The number of aromatic nitrogens is 2. The molecule has 0 aliphatic heterocycles. The van der Waals surface area contributed by atoms with E-state index in [9.17, 15) is 9.18 Å². The summed E-state index contributed by atoms with van der Waals surface area (Å²) in [4.78, 5) is 19.9. The largest absolute Gasteiger partial charge is 0.478 e. The van der Waals surface area contributed by atoms with Crippen LogP contribution in [0.25, 0.3) is 22.6 Å². The van der Waals surface area contributed by atoms with Gasteiger partial charge in [0.05, 0.1) is 11.3 Å². The van der Waals surface area contributed by atoms with E-state index in [-0.39, 0.29) is 11.4 Å². The molecule has 0 radical (unpaired) electrons. The fourth-order valence-corrected chi connectivity index (χ4v) is 2.27. The van der Waals surface area contributed by atoms with Gasteiger partial charge in [-0.2, -0.15) is 0 Å². The molecule has 0 saturated heterocycles. The molecule has 0 saturated carbocycles. The summed E-state index contributed by atoms with van der Waals surface area (Å²) in [5.41, 5.74) is 3.12. The first-order chi connectivity index (χ1) is 11.0. The molecule has 0 bridgehead atoms. The van der Waals surface area contributed by atoms with Crippen molar-refractivity contribution in [2.75, 3.05) is 0 Å². The molecule has 0 spiro atoms. The van der Waals surface area contributed by atoms with E-state index in [1.807, 2.05) is 6.92 Å². The molecule has 0 unspecified atom stereocenters. The second-order valence-electron chi connectivity index (χ2n) is 5.12. The normalized spacial score (nSPS) is 10.5. The second-order valence-corrected chi connectivity index (χ2v) is 5.12. The van der Waals surface area contributed by atoms with Crippen LogP contribution in [0.5, 0.6) is 0 Å². The van der Waals surface area contributed by atoms with Gasteiger partial charge in [0.2, 0.25) is 0 Å². The maximum Gasteiger partial charge on any atom is 0.335 e. The summed E-state index contributed by atoms with van der Waals surface area (Å²) in [6, 6.07) is 12.5. The molecule has 0 atom stereocenters. The van der Waals surface area contributed by atoms with Crippen LogP contribution in [0.1, 0.15) is 15.9 Å². The van der Waals surface area contributed by atoms with E-state index < -0.39 is 5.97 Å². The molecule has 3 rings (SSSR count). The van der Waals surface area contributed by atoms with Gasteiger partial charge in [0.1, 0.15) is 5.82 Å². The highest BCUT2D eigenvalue weighted by molar-refractivity contribution is 5.89. The SMILES string of the molecule is Cc1cnc(-c2cccc(C(=O)O)c2)nc1-c1ccc(F)cc1. The van der Waals surface area contributed by atoms with Crippen molar-refractivity contribution >= 4 is 5.97 Å². The summed E-state index contributed by atoms with van der Waals surface area (Å²) < 4.78 is 13.1. The average Bonchev–Trinajstić information content (AvgIpc) is 2.56. The van der Waals surface area contributed by atoms with E-state index >= 15 is 0 Å². The van der Waals surface area contributed by atoms with Gasteiger partial charge in [0.25, 0.3) is 0 Å². The van der Waals surface area contributed by atoms with E-state index in [2.05, 4.69) is 9.97 Å². The van der Waals surface area contributed by atoms with Crippen LogP contribution in [0.3, 0.4) is 0 Å². The lowest BCUT2D eigenvalue weighted by molar-refractivity contribution is 0.0697. The zero-order chi connectivity index (χ0) is 16.4. The quantitative estimate of drug-likeness (QED) is 0.795. The van der Waals surface area contributed by atoms with Crippen LogP contribution in [0.15, 0.2) is 54.7 Å². The van der Waals surface area contributed by atoms with E-state index in [1.165, 1.54) is 24.3 Å². The van der Waals surface area contributed by atoms with E-state index in [4.69, 9.17) is 5.11 Å². The number of rotatable bonds is 3. The topological polar surface area (TPSA) is 63.1 Å². The van der Waals surface area contributed by atoms with Crippen LogP contribution in [-0.2, 0) is 0 Å². The van der Waals surface area contributed by atoms with E-state index in [0.717, 1.165) is 11.1 Å². The monoisotopic (exact) mass is 308 g/mol. The van der Waals surface area contributed by atoms with Gasteiger partial charge in [-0.05, 0) is 48.9 Å². The summed E-state index contributed by atoms with van der Waals surface area (Å²) >= 11 is 0. The Bertz CT molecular complexity index is 876. The highest BCUT2D eigenvalue weighted by Gasteiger charge is 2.10. The van der Waals surface area contributed by atoms with Crippen molar-refractivity contribution in [2.24, 2.45) is 0 Å². The van der Waals surface area contributed by atoms with Gasteiger partial charge in [0.15, 0.2) is 5.82 Å². The summed E-state index contributed by atoms with van der Waals surface area (Å²) in [5.74, 6) is -0.884. The van der Waals surface area contributed by atoms with Crippen molar-refractivity contribution < 1.29 is 14.3 Å². The average molecular weight is 308 g/mol. The van der Waals surface area contributed by atoms with Gasteiger partial charge >= 0.3 is 5.97 Å². The molecule has 4 nitrogen and oxygen atoms in total. The van der Waals surface area contributed by atoms with Crippen molar-refractivity contribution in [3.8, 4) is 22.6 Å². The predicted octanol–water partition coefficient (Wildman–Crippen LogP) is 3.96. The number of halogens is 1. The third-order valence-corrected chi connectivity index (χ3v) is 3.46. The number of hydrogen-bond donors (Lipinski definition) is 1. The first kappa shape index (κ1) is 14.8. The van der Waals surface area contributed by atoms with Gasteiger partial charge in [-0.1, -0.05) is 12.1 Å². The van der Waals surface area contributed by atoms with Crippen LogP contribution in [-0.4, -0.2) is 21.0 Å². The predicted molar refractivity (Wildman–Crippen MR) is 84.6 cm³/mol. The van der Waals surface area contributed by atoms with Crippen LogP contribution in [0, 0.1) is 12.7 Å². The minimum atomic E-state index is -1.00. The first-order valence-corrected chi connectivity index (χ1v) is 6.98. The van der Waals surface area contributed by atoms with Crippen molar-refractivity contribution in [3.63, 3.8) is 0 Å². The van der Waals surface area contributed by atoms with Crippen LogP contribution >= 0.6 is 0 Å². The molecule has 0 aliphatic rings. The molecule has 0 aliphatic carbocycles. The second kappa shape index (κ2) is 5.96. The minimum absolute atomic E-state index is 0.176. The Labute approximate surface area is 132 Å². The molecule has 2 aromatic carbocycles. The number of carbonyl (C=O) groups is 1.